The Morgan fingerprint density at radius 1 is 1.26 bits per heavy atom. The van der Waals surface area contributed by atoms with Crippen LogP contribution in [0.15, 0.2) is 48.1 Å². The third kappa shape index (κ3) is 4.62. The second-order valence-electron chi connectivity index (χ2n) is 9.14. The van der Waals surface area contributed by atoms with Crippen molar-refractivity contribution in [3.05, 3.63) is 53.8 Å². The fourth-order valence-corrected chi connectivity index (χ4v) is 4.98. The lowest BCUT2D eigenvalue weighted by Crippen LogP contribution is -2.53. The molecular formula is C25H28N6O2S. The Morgan fingerprint density at radius 3 is 2.94 bits per heavy atom. The van der Waals surface area contributed by atoms with Gasteiger partial charge in [-0.1, -0.05) is 6.08 Å². The quantitative estimate of drug-likeness (QED) is 0.358. The maximum atomic E-state index is 12.7. The van der Waals surface area contributed by atoms with E-state index in [0.717, 1.165) is 44.7 Å². The van der Waals surface area contributed by atoms with E-state index in [9.17, 15) is 4.79 Å². The summed E-state index contributed by atoms with van der Waals surface area (Å²) < 4.78 is 6.35. The second kappa shape index (κ2) is 9.08. The van der Waals surface area contributed by atoms with Crippen molar-refractivity contribution in [2.24, 2.45) is 0 Å². The van der Waals surface area contributed by atoms with Gasteiger partial charge in [0.15, 0.2) is 0 Å². The number of methoxy groups -OCH3 is 1. The van der Waals surface area contributed by atoms with Crippen LogP contribution < -0.4 is 10.6 Å². The summed E-state index contributed by atoms with van der Waals surface area (Å²) in [6.45, 7) is 5.59. The van der Waals surface area contributed by atoms with Crippen LogP contribution in [-0.4, -0.2) is 58.2 Å². The van der Waals surface area contributed by atoms with Gasteiger partial charge in [0.05, 0.1) is 33.6 Å². The molecule has 1 aromatic carbocycles. The second-order valence-corrected chi connectivity index (χ2v) is 10.0. The fraction of sp³-hybridized carbons (Fsp3) is 0.320. The number of fused-ring (bicyclic) bond motifs is 2. The summed E-state index contributed by atoms with van der Waals surface area (Å²) in [6, 6.07) is 10.2. The van der Waals surface area contributed by atoms with Gasteiger partial charge in [-0.25, -0.2) is 14.8 Å². The lowest BCUT2D eigenvalue weighted by Gasteiger charge is -2.32. The zero-order chi connectivity index (χ0) is 23.7. The van der Waals surface area contributed by atoms with E-state index in [1.165, 1.54) is 5.57 Å². The van der Waals surface area contributed by atoms with Gasteiger partial charge in [0.1, 0.15) is 5.65 Å². The molecule has 0 aliphatic carbocycles. The van der Waals surface area contributed by atoms with Crippen LogP contribution in [0, 0.1) is 0 Å². The first-order valence-electron chi connectivity index (χ1n) is 11.3. The molecule has 4 aromatic rings. The summed E-state index contributed by atoms with van der Waals surface area (Å²) in [6.07, 6.45) is 4.69. The van der Waals surface area contributed by atoms with E-state index in [4.69, 9.17) is 4.74 Å². The summed E-state index contributed by atoms with van der Waals surface area (Å²) >= 11 is 1.63. The zero-order valence-electron chi connectivity index (χ0n) is 19.5. The lowest BCUT2D eigenvalue weighted by molar-refractivity contribution is 0.123. The largest absolute Gasteiger partial charge is 0.382 e. The van der Waals surface area contributed by atoms with Gasteiger partial charge in [0.2, 0.25) is 0 Å². The molecule has 176 valence electrons. The number of H-pyrrole nitrogens is 1. The van der Waals surface area contributed by atoms with Crippen LogP contribution in [-0.2, 0) is 4.74 Å². The molecule has 0 bridgehead atoms. The topological polar surface area (TPSA) is 95.2 Å². The minimum absolute atomic E-state index is 0.0694. The number of rotatable bonds is 6. The Morgan fingerprint density at radius 2 is 2.15 bits per heavy atom. The Labute approximate surface area is 202 Å². The lowest BCUT2D eigenvalue weighted by atomic mass is 10.0. The summed E-state index contributed by atoms with van der Waals surface area (Å²) in [5.41, 5.74) is 7.53. The molecule has 0 atom stereocenters. The van der Waals surface area contributed by atoms with Crippen LogP contribution in [0.25, 0.3) is 26.8 Å². The molecule has 9 heteroatoms. The number of benzene rings is 1. The van der Waals surface area contributed by atoms with Gasteiger partial charge in [0, 0.05) is 43.2 Å². The molecule has 0 saturated heterocycles. The van der Waals surface area contributed by atoms with Gasteiger partial charge in [-0.05, 0) is 56.2 Å². The summed E-state index contributed by atoms with van der Waals surface area (Å²) in [4.78, 5) is 26.8. The maximum Gasteiger partial charge on any atom is 0.318 e. The number of nitrogens with one attached hydrogen (secondary N) is 3. The number of hydrogen-bond acceptors (Lipinski definition) is 6. The Bertz CT molecular complexity index is 1370. The first kappa shape index (κ1) is 22.4. The van der Waals surface area contributed by atoms with Crippen LogP contribution in [0.4, 0.5) is 16.2 Å². The molecule has 34 heavy (non-hydrogen) atoms. The third-order valence-electron chi connectivity index (χ3n) is 5.93. The van der Waals surface area contributed by atoms with E-state index < -0.39 is 5.54 Å². The molecular weight excluding hydrogens is 448 g/mol. The SMILES string of the molecule is COCC(C)(C)NC(=O)N1CC=C(c2cc3c(Nc4ccc5ncsc5c4)ccnc3[nH]2)CC1. The number of amides is 2. The number of carbonyl (C=O) groups is 1. The van der Waals surface area contributed by atoms with Gasteiger partial charge in [-0.3, -0.25) is 0 Å². The van der Waals surface area contributed by atoms with Crippen molar-refractivity contribution >= 4 is 55.6 Å². The molecule has 1 aliphatic rings. The molecule has 0 fully saturated rings. The van der Waals surface area contributed by atoms with E-state index >= 15 is 0 Å². The number of nitrogens with zero attached hydrogens (tertiary/aromatic N) is 3. The Kier molecular flexibility index (Phi) is 5.97. The normalized spacial score (nSPS) is 14.4. The van der Waals surface area contributed by atoms with Crippen molar-refractivity contribution in [2.75, 3.05) is 32.1 Å². The number of ether oxygens (including phenoxy) is 1. The summed E-state index contributed by atoms with van der Waals surface area (Å²) in [7, 11) is 1.64. The standard InChI is InChI=1S/C25H28N6O2S/c1-25(2,14-33-3)30-24(32)31-10-7-16(8-11-31)21-13-18-19(6-9-26-23(18)29-21)28-17-4-5-20-22(12-17)34-15-27-20/h4-7,9,12-13,15H,8,10-11,14H2,1-3H3,(H,30,32)(H2,26,28,29). The highest BCUT2D eigenvalue weighted by Crippen LogP contribution is 2.31. The Balaban J connectivity index is 1.32. The molecule has 0 spiro atoms. The van der Waals surface area contributed by atoms with Crippen molar-refractivity contribution in [3.8, 4) is 0 Å². The molecule has 5 rings (SSSR count). The van der Waals surface area contributed by atoms with Crippen LogP contribution in [0.3, 0.4) is 0 Å². The van der Waals surface area contributed by atoms with Crippen LogP contribution >= 0.6 is 11.3 Å². The van der Waals surface area contributed by atoms with Crippen molar-refractivity contribution < 1.29 is 9.53 Å². The van der Waals surface area contributed by atoms with Crippen molar-refractivity contribution in [3.63, 3.8) is 0 Å². The number of pyridine rings is 1. The number of thiazole rings is 1. The van der Waals surface area contributed by atoms with E-state index in [-0.39, 0.29) is 6.03 Å². The molecule has 2 amide bonds. The molecule has 3 aromatic heterocycles. The minimum atomic E-state index is -0.410. The highest BCUT2D eigenvalue weighted by molar-refractivity contribution is 7.16. The number of anilines is 2. The Hall–Kier alpha value is -3.43. The van der Waals surface area contributed by atoms with E-state index in [1.54, 1.807) is 24.6 Å². The molecule has 8 nitrogen and oxygen atoms in total. The number of urea groups is 1. The van der Waals surface area contributed by atoms with Gasteiger partial charge < -0.3 is 25.3 Å². The summed E-state index contributed by atoms with van der Waals surface area (Å²) in [5, 5.41) is 7.61. The number of hydrogen-bond donors (Lipinski definition) is 3. The molecule has 4 heterocycles. The maximum absolute atomic E-state index is 12.7. The molecule has 0 unspecified atom stereocenters. The average Bonchev–Trinajstić information content (AvgIpc) is 3.46. The van der Waals surface area contributed by atoms with Gasteiger partial charge >= 0.3 is 6.03 Å². The van der Waals surface area contributed by atoms with E-state index in [0.29, 0.717) is 19.7 Å². The van der Waals surface area contributed by atoms with E-state index in [2.05, 4.69) is 43.8 Å². The van der Waals surface area contributed by atoms with Crippen LogP contribution in [0.5, 0.6) is 0 Å². The predicted octanol–water partition coefficient (Wildman–Crippen LogP) is 5.14. The number of carbonyl (C=O) groups excluding carboxylic acids is 1. The highest BCUT2D eigenvalue weighted by Gasteiger charge is 2.25. The highest BCUT2D eigenvalue weighted by atomic mass is 32.1. The molecule has 0 radical (unpaired) electrons. The monoisotopic (exact) mass is 476 g/mol. The first-order chi connectivity index (χ1) is 16.4. The molecule has 1 aliphatic heterocycles. The fourth-order valence-electron chi connectivity index (χ4n) is 4.26. The van der Waals surface area contributed by atoms with Gasteiger partial charge in [0.25, 0.3) is 0 Å². The van der Waals surface area contributed by atoms with Gasteiger partial charge in [-0.15, -0.1) is 11.3 Å². The number of aromatic nitrogens is 3. The zero-order valence-corrected chi connectivity index (χ0v) is 20.3. The molecule has 0 saturated carbocycles. The first-order valence-corrected chi connectivity index (χ1v) is 12.1. The number of aromatic amines is 1. The van der Waals surface area contributed by atoms with Crippen molar-refractivity contribution in [2.45, 2.75) is 25.8 Å². The van der Waals surface area contributed by atoms with Gasteiger partial charge in [-0.2, -0.15) is 0 Å². The summed E-state index contributed by atoms with van der Waals surface area (Å²) in [5.74, 6) is 0. The third-order valence-corrected chi connectivity index (χ3v) is 6.73. The van der Waals surface area contributed by atoms with Crippen molar-refractivity contribution in [1.82, 2.24) is 25.2 Å². The van der Waals surface area contributed by atoms with Crippen LogP contribution in [0.2, 0.25) is 0 Å². The van der Waals surface area contributed by atoms with Crippen molar-refractivity contribution in [1.29, 1.82) is 0 Å². The van der Waals surface area contributed by atoms with E-state index in [1.807, 2.05) is 42.5 Å². The minimum Gasteiger partial charge on any atom is -0.382 e. The van der Waals surface area contributed by atoms with Crippen LogP contribution in [0.1, 0.15) is 26.0 Å². The average molecular weight is 477 g/mol. The molecule has 3 N–H and O–H groups in total. The smallest absolute Gasteiger partial charge is 0.318 e. The predicted molar refractivity (Wildman–Crippen MR) is 138 cm³/mol.